The molecule has 0 saturated heterocycles. The van der Waals surface area contributed by atoms with Crippen LogP contribution in [-0.2, 0) is 4.79 Å². The summed E-state index contributed by atoms with van der Waals surface area (Å²) < 4.78 is 25.7. The average Bonchev–Trinajstić information content (AvgIpc) is 2.42. The topological polar surface area (TPSA) is 55.1 Å². The lowest BCUT2D eigenvalue weighted by Crippen LogP contribution is -2.14. The van der Waals surface area contributed by atoms with Crippen LogP contribution in [0.4, 0.5) is 20.2 Å². The van der Waals surface area contributed by atoms with Crippen LogP contribution in [0.5, 0.6) is 0 Å². The molecule has 0 radical (unpaired) electrons. The van der Waals surface area contributed by atoms with Crippen molar-refractivity contribution in [2.24, 2.45) is 0 Å². The van der Waals surface area contributed by atoms with Gasteiger partial charge in [-0.05, 0) is 24.3 Å². The summed E-state index contributed by atoms with van der Waals surface area (Å²) in [5.41, 5.74) is 6.57. The first-order chi connectivity index (χ1) is 9.56. The van der Waals surface area contributed by atoms with Gasteiger partial charge in [0.25, 0.3) is 0 Å². The van der Waals surface area contributed by atoms with Crippen molar-refractivity contribution in [1.82, 2.24) is 0 Å². The van der Waals surface area contributed by atoms with Crippen molar-refractivity contribution in [3.63, 3.8) is 0 Å². The molecule has 104 valence electrons. The molecular formula is C14H12F2N2OS. The Kier molecular flexibility index (Phi) is 4.57. The van der Waals surface area contributed by atoms with E-state index < -0.39 is 11.6 Å². The molecule has 1 amide bonds. The van der Waals surface area contributed by atoms with Crippen LogP contribution < -0.4 is 11.1 Å². The zero-order valence-corrected chi connectivity index (χ0v) is 11.2. The van der Waals surface area contributed by atoms with Gasteiger partial charge in [-0.1, -0.05) is 12.1 Å². The standard InChI is InChI=1S/C14H12F2N2OS/c15-10-6-5-9(7-11(10)16)18-14(19)8-20-13-4-2-1-3-12(13)17/h1-7H,8,17H2,(H,18,19). The summed E-state index contributed by atoms with van der Waals surface area (Å²) in [6.07, 6.45) is 0. The molecule has 3 N–H and O–H groups in total. The van der Waals surface area contributed by atoms with Crippen LogP contribution in [-0.4, -0.2) is 11.7 Å². The molecule has 0 aliphatic carbocycles. The van der Waals surface area contributed by atoms with Crippen LogP contribution >= 0.6 is 11.8 Å². The van der Waals surface area contributed by atoms with E-state index >= 15 is 0 Å². The summed E-state index contributed by atoms with van der Waals surface area (Å²) in [6, 6.07) is 10.4. The number of nitrogens with one attached hydrogen (secondary N) is 1. The summed E-state index contributed by atoms with van der Waals surface area (Å²) in [6.45, 7) is 0. The van der Waals surface area contributed by atoms with Gasteiger partial charge in [-0.15, -0.1) is 11.8 Å². The summed E-state index contributed by atoms with van der Waals surface area (Å²) in [5.74, 6) is -2.13. The highest BCUT2D eigenvalue weighted by molar-refractivity contribution is 8.00. The van der Waals surface area contributed by atoms with Crippen molar-refractivity contribution in [3.05, 3.63) is 54.1 Å². The first-order valence-electron chi connectivity index (χ1n) is 5.78. The third-order valence-corrected chi connectivity index (χ3v) is 3.57. The van der Waals surface area contributed by atoms with E-state index in [-0.39, 0.29) is 17.3 Å². The molecule has 2 aromatic rings. The lowest BCUT2D eigenvalue weighted by molar-refractivity contribution is -0.113. The monoisotopic (exact) mass is 294 g/mol. The zero-order chi connectivity index (χ0) is 14.5. The number of benzene rings is 2. The number of rotatable bonds is 4. The predicted molar refractivity (Wildman–Crippen MR) is 76.6 cm³/mol. The highest BCUT2D eigenvalue weighted by Crippen LogP contribution is 2.24. The molecule has 0 atom stereocenters. The van der Waals surface area contributed by atoms with Gasteiger partial charge in [0.15, 0.2) is 11.6 Å². The minimum absolute atomic E-state index is 0.132. The molecule has 2 rings (SSSR count). The number of nitrogen functional groups attached to an aromatic ring is 1. The summed E-state index contributed by atoms with van der Waals surface area (Å²) >= 11 is 1.28. The minimum atomic E-state index is -0.997. The van der Waals surface area contributed by atoms with E-state index in [1.807, 2.05) is 12.1 Å². The van der Waals surface area contributed by atoms with Gasteiger partial charge in [-0.25, -0.2) is 8.78 Å². The smallest absolute Gasteiger partial charge is 0.234 e. The summed E-state index contributed by atoms with van der Waals surface area (Å²) in [7, 11) is 0. The van der Waals surface area contributed by atoms with Crippen LogP contribution in [0.25, 0.3) is 0 Å². The Morgan fingerprint density at radius 1 is 1.15 bits per heavy atom. The SMILES string of the molecule is Nc1ccccc1SCC(=O)Nc1ccc(F)c(F)c1. The third-order valence-electron chi connectivity index (χ3n) is 2.48. The van der Waals surface area contributed by atoms with Gasteiger partial charge >= 0.3 is 0 Å². The van der Waals surface area contributed by atoms with Crippen molar-refractivity contribution >= 4 is 29.0 Å². The fourth-order valence-corrected chi connectivity index (χ4v) is 2.29. The van der Waals surface area contributed by atoms with E-state index in [1.54, 1.807) is 12.1 Å². The Labute approximate surface area is 119 Å². The number of amides is 1. The average molecular weight is 294 g/mol. The fourth-order valence-electron chi connectivity index (χ4n) is 1.53. The largest absolute Gasteiger partial charge is 0.398 e. The number of nitrogens with two attached hydrogens (primary N) is 1. The van der Waals surface area contributed by atoms with E-state index in [0.29, 0.717) is 5.69 Å². The van der Waals surface area contributed by atoms with Crippen LogP contribution in [0.15, 0.2) is 47.4 Å². The zero-order valence-electron chi connectivity index (χ0n) is 10.4. The number of hydrogen-bond acceptors (Lipinski definition) is 3. The van der Waals surface area contributed by atoms with Crippen molar-refractivity contribution in [3.8, 4) is 0 Å². The first kappa shape index (κ1) is 14.3. The number of carbonyl (C=O) groups excluding carboxylic acids is 1. The maximum absolute atomic E-state index is 13.0. The molecule has 20 heavy (non-hydrogen) atoms. The Bertz CT molecular complexity index is 634. The number of carbonyl (C=O) groups is 1. The van der Waals surface area contributed by atoms with Gasteiger partial charge in [0.1, 0.15) is 0 Å². The minimum Gasteiger partial charge on any atom is -0.398 e. The van der Waals surface area contributed by atoms with Crippen molar-refractivity contribution in [1.29, 1.82) is 0 Å². The number of hydrogen-bond donors (Lipinski definition) is 2. The molecule has 0 heterocycles. The number of anilines is 2. The van der Waals surface area contributed by atoms with Crippen molar-refractivity contribution in [2.75, 3.05) is 16.8 Å². The Morgan fingerprint density at radius 2 is 1.90 bits per heavy atom. The molecule has 0 aliphatic heterocycles. The quantitative estimate of drug-likeness (QED) is 0.672. The second-order valence-corrected chi connectivity index (χ2v) is 5.02. The molecule has 6 heteroatoms. The van der Waals surface area contributed by atoms with E-state index in [9.17, 15) is 13.6 Å². The first-order valence-corrected chi connectivity index (χ1v) is 6.77. The third kappa shape index (κ3) is 3.71. The van der Waals surface area contributed by atoms with E-state index in [1.165, 1.54) is 17.8 Å². The van der Waals surface area contributed by atoms with Gasteiger partial charge in [0.05, 0.1) is 5.75 Å². The molecule has 0 saturated carbocycles. The van der Waals surface area contributed by atoms with E-state index in [4.69, 9.17) is 5.73 Å². The van der Waals surface area contributed by atoms with Gasteiger partial charge in [0, 0.05) is 22.3 Å². The predicted octanol–water partition coefficient (Wildman–Crippen LogP) is 3.28. The molecule has 3 nitrogen and oxygen atoms in total. The summed E-state index contributed by atoms with van der Waals surface area (Å²) in [4.78, 5) is 12.5. The molecular weight excluding hydrogens is 282 g/mol. The van der Waals surface area contributed by atoms with E-state index in [0.717, 1.165) is 17.0 Å². The fraction of sp³-hybridized carbons (Fsp3) is 0.0714. The number of thioether (sulfide) groups is 1. The van der Waals surface area contributed by atoms with Gasteiger partial charge < -0.3 is 11.1 Å². The Balaban J connectivity index is 1.93. The van der Waals surface area contributed by atoms with Crippen LogP contribution in [0.2, 0.25) is 0 Å². The highest BCUT2D eigenvalue weighted by Gasteiger charge is 2.07. The second kappa shape index (κ2) is 6.38. The Hall–Kier alpha value is -2.08. The van der Waals surface area contributed by atoms with Gasteiger partial charge in [0.2, 0.25) is 5.91 Å². The van der Waals surface area contributed by atoms with Crippen molar-refractivity contribution in [2.45, 2.75) is 4.90 Å². The lowest BCUT2D eigenvalue weighted by atomic mass is 10.3. The molecule has 0 aliphatic rings. The lowest BCUT2D eigenvalue weighted by Gasteiger charge is -2.07. The molecule has 0 unspecified atom stereocenters. The van der Waals surface area contributed by atoms with Crippen LogP contribution in [0.3, 0.4) is 0 Å². The normalized spacial score (nSPS) is 10.3. The van der Waals surface area contributed by atoms with Gasteiger partial charge in [-0.2, -0.15) is 0 Å². The highest BCUT2D eigenvalue weighted by atomic mass is 32.2. The molecule has 0 aromatic heterocycles. The maximum Gasteiger partial charge on any atom is 0.234 e. The summed E-state index contributed by atoms with van der Waals surface area (Å²) in [5, 5.41) is 2.49. The van der Waals surface area contributed by atoms with Crippen LogP contribution in [0, 0.1) is 11.6 Å². The molecule has 2 aromatic carbocycles. The number of para-hydroxylation sites is 1. The Morgan fingerprint density at radius 3 is 2.60 bits per heavy atom. The number of halogens is 2. The molecule has 0 bridgehead atoms. The van der Waals surface area contributed by atoms with Crippen molar-refractivity contribution < 1.29 is 13.6 Å². The maximum atomic E-state index is 13.0. The second-order valence-electron chi connectivity index (χ2n) is 4.00. The molecule has 0 spiro atoms. The molecule has 0 fully saturated rings. The van der Waals surface area contributed by atoms with Gasteiger partial charge in [-0.3, -0.25) is 4.79 Å². The van der Waals surface area contributed by atoms with E-state index in [2.05, 4.69) is 5.32 Å². The van der Waals surface area contributed by atoms with Crippen LogP contribution in [0.1, 0.15) is 0 Å².